The van der Waals surface area contributed by atoms with Crippen molar-refractivity contribution in [1.82, 2.24) is 15.3 Å². The molecule has 38 heavy (non-hydrogen) atoms. The van der Waals surface area contributed by atoms with Gasteiger partial charge in [0.15, 0.2) is 12.3 Å². The first-order valence-electron chi connectivity index (χ1n) is 12.6. The molecule has 9 nitrogen and oxygen atoms in total. The Labute approximate surface area is 220 Å². The molecule has 0 aliphatic carbocycles. The molecule has 0 spiro atoms. The van der Waals surface area contributed by atoms with E-state index in [1.807, 2.05) is 54.6 Å². The van der Waals surface area contributed by atoms with E-state index in [1.165, 1.54) is 0 Å². The van der Waals surface area contributed by atoms with E-state index in [2.05, 4.69) is 29.1 Å². The summed E-state index contributed by atoms with van der Waals surface area (Å²) < 4.78 is 17.2. The van der Waals surface area contributed by atoms with Crippen LogP contribution in [0.4, 0.5) is 0 Å². The van der Waals surface area contributed by atoms with Crippen LogP contribution in [0.1, 0.15) is 35.6 Å². The number of amides is 1. The summed E-state index contributed by atoms with van der Waals surface area (Å²) in [6, 6.07) is 17.4. The number of aliphatic hydroxyl groups is 1. The van der Waals surface area contributed by atoms with E-state index < -0.39 is 30.8 Å². The molecule has 4 aromatic rings. The first-order chi connectivity index (χ1) is 18.3. The third-order valence-corrected chi connectivity index (χ3v) is 6.48. The highest BCUT2D eigenvalue weighted by atomic mass is 16.7. The Bertz CT molecular complexity index is 1440. The summed E-state index contributed by atoms with van der Waals surface area (Å²) in [5.41, 5.74) is 3.16. The largest absolute Gasteiger partial charge is 0.459 e. The molecule has 0 bridgehead atoms. The number of esters is 1. The van der Waals surface area contributed by atoms with Crippen LogP contribution < -0.4 is 5.32 Å². The van der Waals surface area contributed by atoms with Gasteiger partial charge in [-0.15, -0.1) is 0 Å². The summed E-state index contributed by atoms with van der Waals surface area (Å²) in [5, 5.41) is 14.1. The van der Waals surface area contributed by atoms with E-state index in [9.17, 15) is 14.7 Å². The first-order valence-corrected chi connectivity index (χ1v) is 12.6. The number of pyridine rings is 1. The number of hydrogen-bond donors (Lipinski definition) is 3. The summed E-state index contributed by atoms with van der Waals surface area (Å²) >= 11 is 0. The maximum absolute atomic E-state index is 13.3. The van der Waals surface area contributed by atoms with E-state index in [0.717, 1.165) is 27.4 Å². The molecule has 3 N–H and O–H groups in total. The number of benzene rings is 2. The number of H-pyrrole nitrogens is 1. The number of nitrogens with zero attached hydrogens (tertiary/aromatic N) is 1. The third-order valence-electron chi connectivity index (χ3n) is 6.48. The molecule has 0 radical (unpaired) electrons. The zero-order valence-electron chi connectivity index (χ0n) is 21.4. The molecule has 2 aromatic carbocycles. The molecule has 3 heterocycles. The molecule has 1 atom stereocenters. The number of fused-ring (bicyclic) bond motifs is 3. The lowest BCUT2D eigenvalue weighted by Crippen LogP contribution is -2.44. The Morgan fingerprint density at radius 1 is 1.11 bits per heavy atom. The van der Waals surface area contributed by atoms with Gasteiger partial charge >= 0.3 is 5.97 Å². The number of para-hydroxylation sites is 1. The van der Waals surface area contributed by atoms with Gasteiger partial charge in [0.2, 0.25) is 0 Å². The SMILES string of the molecule is CC1(C)COC(Cc2nc(C(=O)N[C@@H](CO)C(=O)OCc3ccccc3)cc3c2[nH]c2ccccc23)OC1. The molecule has 9 heteroatoms. The lowest BCUT2D eigenvalue weighted by atomic mass is 9.95. The van der Waals surface area contributed by atoms with Gasteiger partial charge < -0.3 is 29.6 Å². The predicted octanol–water partition coefficient (Wildman–Crippen LogP) is 3.49. The number of rotatable bonds is 8. The summed E-state index contributed by atoms with van der Waals surface area (Å²) in [5.74, 6) is -1.33. The highest BCUT2D eigenvalue weighted by molar-refractivity contribution is 6.10. The average molecular weight is 518 g/mol. The number of aromatic nitrogens is 2. The smallest absolute Gasteiger partial charge is 0.331 e. The molecule has 1 saturated heterocycles. The fraction of sp³-hybridized carbons (Fsp3) is 0.345. The van der Waals surface area contributed by atoms with Gasteiger partial charge in [-0.1, -0.05) is 62.4 Å². The van der Waals surface area contributed by atoms with Crippen LogP contribution in [0.25, 0.3) is 21.8 Å². The fourth-order valence-corrected chi connectivity index (χ4v) is 4.42. The lowest BCUT2D eigenvalue weighted by molar-refractivity contribution is -0.220. The number of aromatic amines is 1. The van der Waals surface area contributed by atoms with Gasteiger partial charge in [0.1, 0.15) is 12.3 Å². The van der Waals surface area contributed by atoms with Gasteiger partial charge in [-0.2, -0.15) is 0 Å². The van der Waals surface area contributed by atoms with Crippen LogP contribution in [0.2, 0.25) is 0 Å². The monoisotopic (exact) mass is 517 g/mol. The normalized spacial score (nSPS) is 16.4. The second-order valence-corrected chi connectivity index (χ2v) is 10.3. The number of carbonyl (C=O) groups excluding carboxylic acids is 2. The van der Waals surface area contributed by atoms with Crippen molar-refractivity contribution in [2.24, 2.45) is 5.41 Å². The van der Waals surface area contributed by atoms with Crippen molar-refractivity contribution in [3.63, 3.8) is 0 Å². The molecule has 198 valence electrons. The van der Waals surface area contributed by atoms with Crippen LogP contribution in [0.5, 0.6) is 0 Å². The summed E-state index contributed by atoms with van der Waals surface area (Å²) in [6.45, 7) is 4.68. The van der Waals surface area contributed by atoms with Gasteiger partial charge in [0.05, 0.1) is 31.0 Å². The molecule has 5 rings (SSSR count). The molecule has 0 unspecified atom stereocenters. The zero-order valence-corrected chi connectivity index (χ0v) is 21.4. The van der Waals surface area contributed by atoms with Crippen molar-refractivity contribution < 1.29 is 28.9 Å². The van der Waals surface area contributed by atoms with Crippen LogP contribution in [-0.4, -0.2) is 59.1 Å². The van der Waals surface area contributed by atoms with Gasteiger partial charge in [0.25, 0.3) is 5.91 Å². The van der Waals surface area contributed by atoms with Crippen molar-refractivity contribution >= 4 is 33.7 Å². The number of hydrogen-bond acceptors (Lipinski definition) is 7. The Hall–Kier alpha value is -3.79. The van der Waals surface area contributed by atoms with Crippen molar-refractivity contribution in [3.05, 3.63) is 77.6 Å². The molecular weight excluding hydrogens is 486 g/mol. The second kappa shape index (κ2) is 10.9. The van der Waals surface area contributed by atoms with Crippen molar-refractivity contribution in [3.8, 4) is 0 Å². The Balaban J connectivity index is 1.39. The third kappa shape index (κ3) is 5.70. The maximum atomic E-state index is 13.3. The minimum Gasteiger partial charge on any atom is -0.459 e. The van der Waals surface area contributed by atoms with Crippen LogP contribution >= 0.6 is 0 Å². The van der Waals surface area contributed by atoms with Crippen molar-refractivity contribution in [1.29, 1.82) is 0 Å². The predicted molar refractivity (Wildman–Crippen MR) is 141 cm³/mol. The number of carbonyl (C=O) groups is 2. The maximum Gasteiger partial charge on any atom is 0.331 e. The van der Waals surface area contributed by atoms with E-state index in [1.54, 1.807) is 6.07 Å². The van der Waals surface area contributed by atoms with Crippen molar-refractivity contribution in [2.45, 2.75) is 39.2 Å². The quantitative estimate of drug-likeness (QED) is 0.306. The molecule has 1 fully saturated rings. The molecule has 1 amide bonds. The van der Waals surface area contributed by atoms with Crippen LogP contribution in [-0.2, 0) is 32.0 Å². The Morgan fingerprint density at radius 3 is 2.55 bits per heavy atom. The van der Waals surface area contributed by atoms with E-state index in [4.69, 9.17) is 14.2 Å². The highest BCUT2D eigenvalue weighted by Crippen LogP contribution is 2.30. The fourth-order valence-electron chi connectivity index (χ4n) is 4.42. The summed E-state index contributed by atoms with van der Waals surface area (Å²) in [4.78, 5) is 33.9. The minimum atomic E-state index is -1.23. The van der Waals surface area contributed by atoms with E-state index in [0.29, 0.717) is 25.3 Å². The van der Waals surface area contributed by atoms with E-state index in [-0.39, 0.29) is 17.7 Å². The van der Waals surface area contributed by atoms with Crippen LogP contribution in [0.3, 0.4) is 0 Å². The van der Waals surface area contributed by atoms with Crippen LogP contribution in [0.15, 0.2) is 60.7 Å². The topological polar surface area (TPSA) is 123 Å². The highest BCUT2D eigenvalue weighted by Gasteiger charge is 2.30. The summed E-state index contributed by atoms with van der Waals surface area (Å²) in [7, 11) is 0. The molecule has 1 aliphatic rings. The molecule has 0 saturated carbocycles. The summed E-state index contributed by atoms with van der Waals surface area (Å²) in [6.07, 6.45) is -0.162. The Kier molecular flexibility index (Phi) is 7.42. The number of aliphatic hydroxyl groups excluding tert-OH is 1. The number of nitrogens with one attached hydrogen (secondary N) is 2. The van der Waals surface area contributed by atoms with Gasteiger partial charge in [0, 0.05) is 28.1 Å². The van der Waals surface area contributed by atoms with Crippen LogP contribution in [0, 0.1) is 5.41 Å². The molecule has 1 aliphatic heterocycles. The molecule has 2 aromatic heterocycles. The molecular formula is C29H31N3O6. The van der Waals surface area contributed by atoms with E-state index >= 15 is 0 Å². The average Bonchev–Trinajstić information content (AvgIpc) is 3.31. The Morgan fingerprint density at radius 2 is 1.82 bits per heavy atom. The van der Waals surface area contributed by atoms with Gasteiger partial charge in [-0.05, 0) is 17.7 Å². The second-order valence-electron chi connectivity index (χ2n) is 10.3. The standard InChI is InChI=1S/C29H31N3O6/c1-29(2)16-37-25(38-17-29)13-22-26-20(19-10-6-7-11-21(19)31-26)12-23(30-22)27(34)32-24(14-33)28(35)36-15-18-8-4-3-5-9-18/h3-12,24-25,31,33H,13-17H2,1-2H3,(H,32,34)/t24-/m0/s1. The zero-order chi connectivity index (χ0) is 26.7. The number of ether oxygens (including phenoxy) is 3. The van der Waals surface area contributed by atoms with Gasteiger partial charge in [-0.3, -0.25) is 4.79 Å². The van der Waals surface area contributed by atoms with Crippen molar-refractivity contribution in [2.75, 3.05) is 19.8 Å². The first kappa shape index (κ1) is 25.8. The lowest BCUT2D eigenvalue weighted by Gasteiger charge is -2.34. The van der Waals surface area contributed by atoms with Gasteiger partial charge in [-0.25, -0.2) is 9.78 Å². The minimum absolute atomic E-state index is 0.0356.